The Labute approximate surface area is 159 Å². The lowest BCUT2D eigenvalue weighted by molar-refractivity contribution is -0.129. The van der Waals surface area contributed by atoms with Crippen LogP contribution in [0.4, 0.5) is 0 Å². The van der Waals surface area contributed by atoms with Crippen molar-refractivity contribution in [3.05, 3.63) is 53.1 Å². The highest BCUT2D eigenvalue weighted by Crippen LogP contribution is 2.38. The smallest absolute Gasteiger partial charge is 0.237 e. The van der Waals surface area contributed by atoms with Crippen molar-refractivity contribution < 1.29 is 4.79 Å². The van der Waals surface area contributed by atoms with E-state index in [9.17, 15) is 4.79 Å². The molecule has 3 heterocycles. The number of aromatic nitrogens is 2. The minimum Gasteiger partial charge on any atom is -0.339 e. The van der Waals surface area contributed by atoms with Gasteiger partial charge >= 0.3 is 0 Å². The zero-order chi connectivity index (χ0) is 18.4. The second kappa shape index (κ2) is 6.63. The molecule has 5 rings (SSSR count). The molecule has 5 nitrogen and oxygen atoms in total. The molecule has 1 saturated carbocycles. The van der Waals surface area contributed by atoms with E-state index >= 15 is 0 Å². The number of benzene rings is 1. The molecule has 1 aromatic heterocycles. The Kier molecular flexibility index (Phi) is 4.10. The Hall–Kier alpha value is -2.43. The molecule has 2 atom stereocenters. The van der Waals surface area contributed by atoms with Crippen LogP contribution in [-0.4, -0.2) is 39.2 Å². The molecule has 1 fully saturated rings. The van der Waals surface area contributed by atoms with Crippen LogP contribution in [0.1, 0.15) is 73.6 Å². The standard InChI is InChI=1S/C22H26N4O/c1-2-17-18-19(25-20(24-18)15-10-6-7-11-15)21-23-16(13-26(21)22(17)27)12-14-8-4-3-5-9-14/h3-5,8-9,15-17H,2,6-7,10-13H2,1H3,(H,24,25)/t16-,17?/m1/s1. The van der Waals surface area contributed by atoms with Crippen molar-refractivity contribution in [2.75, 3.05) is 6.54 Å². The molecule has 1 unspecified atom stereocenters. The zero-order valence-electron chi connectivity index (χ0n) is 15.8. The highest BCUT2D eigenvalue weighted by Gasteiger charge is 2.43. The van der Waals surface area contributed by atoms with Crippen LogP contribution in [-0.2, 0) is 11.2 Å². The Bertz CT molecular complexity index is 879. The molecular formula is C22H26N4O. The molecule has 1 amide bonds. The van der Waals surface area contributed by atoms with E-state index in [0.717, 1.165) is 35.9 Å². The Morgan fingerprint density at radius 3 is 2.70 bits per heavy atom. The summed E-state index contributed by atoms with van der Waals surface area (Å²) < 4.78 is 0. The van der Waals surface area contributed by atoms with Crippen molar-refractivity contribution >= 4 is 11.7 Å². The average molecular weight is 362 g/mol. The zero-order valence-corrected chi connectivity index (χ0v) is 15.8. The highest BCUT2D eigenvalue weighted by atomic mass is 16.2. The number of aromatic amines is 1. The number of hydrogen-bond donors (Lipinski definition) is 1. The van der Waals surface area contributed by atoms with Gasteiger partial charge in [-0.15, -0.1) is 0 Å². The van der Waals surface area contributed by atoms with Gasteiger partial charge in [0.2, 0.25) is 5.91 Å². The van der Waals surface area contributed by atoms with E-state index in [0.29, 0.717) is 12.5 Å². The van der Waals surface area contributed by atoms with Crippen molar-refractivity contribution in [1.82, 2.24) is 14.9 Å². The van der Waals surface area contributed by atoms with Crippen LogP contribution in [0.2, 0.25) is 0 Å². The predicted molar refractivity (Wildman–Crippen MR) is 105 cm³/mol. The van der Waals surface area contributed by atoms with Crippen LogP contribution in [0.3, 0.4) is 0 Å². The summed E-state index contributed by atoms with van der Waals surface area (Å²) in [5.74, 6) is 2.43. The number of rotatable bonds is 4. The number of nitrogens with zero attached hydrogens (tertiary/aromatic N) is 3. The molecule has 1 N–H and O–H groups in total. The van der Waals surface area contributed by atoms with E-state index in [1.54, 1.807) is 0 Å². The summed E-state index contributed by atoms with van der Waals surface area (Å²) in [4.78, 5) is 28.5. The second-order valence-electron chi connectivity index (χ2n) is 8.07. The highest BCUT2D eigenvalue weighted by molar-refractivity contribution is 6.13. The van der Waals surface area contributed by atoms with Crippen LogP contribution in [0.5, 0.6) is 0 Å². The van der Waals surface area contributed by atoms with E-state index in [1.165, 1.54) is 31.2 Å². The molecule has 0 radical (unpaired) electrons. The number of amides is 1. The molecule has 2 aromatic rings. The number of aliphatic imine (C=N–C) groups is 1. The van der Waals surface area contributed by atoms with Gasteiger partial charge in [-0.05, 0) is 31.2 Å². The van der Waals surface area contributed by atoms with Crippen molar-refractivity contribution in [3.8, 4) is 0 Å². The molecule has 27 heavy (non-hydrogen) atoms. The number of carbonyl (C=O) groups excluding carboxylic acids is 1. The first-order chi connectivity index (χ1) is 13.2. The summed E-state index contributed by atoms with van der Waals surface area (Å²) in [6.07, 6.45) is 6.60. The van der Waals surface area contributed by atoms with E-state index in [-0.39, 0.29) is 17.9 Å². The molecule has 0 saturated heterocycles. The largest absolute Gasteiger partial charge is 0.339 e. The van der Waals surface area contributed by atoms with Gasteiger partial charge in [0, 0.05) is 5.92 Å². The summed E-state index contributed by atoms with van der Waals surface area (Å²) >= 11 is 0. The first-order valence-electron chi connectivity index (χ1n) is 10.3. The molecule has 1 aliphatic carbocycles. The fourth-order valence-electron chi connectivity index (χ4n) is 4.86. The lowest BCUT2D eigenvalue weighted by atomic mass is 9.94. The normalized spacial score (nSPS) is 24.9. The maximum atomic E-state index is 13.1. The Morgan fingerprint density at radius 2 is 1.96 bits per heavy atom. The first-order valence-corrected chi connectivity index (χ1v) is 10.3. The number of nitrogens with one attached hydrogen (secondary N) is 1. The van der Waals surface area contributed by atoms with Gasteiger partial charge in [0.25, 0.3) is 0 Å². The van der Waals surface area contributed by atoms with Gasteiger partial charge in [-0.25, -0.2) is 4.98 Å². The lowest BCUT2D eigenvalue weighted by Crippen LogP contribution is -2.43. The average Bonchev–Trinajstić information content (AvgIpc) is 3.42. The van der Waals surface area contributed by atoms with Crippen LogP contribution in [0.15, 0.2) is 35.3 Å². The van der Waals surface area contributed by atoms with Gasteiger partial charge in [-0.3, -0.25) is 14.7 Å². The minimum absolute atomic E-state index is 0.119. The minimum atomic E-state index is -0.138. The number of amidine groups is 1. The molecular weight excluding hydrogens is 336 g/mol. The fraction of sp³-hybridized carbons (Fsp3) is 0.500. The monoisotopic (exact) mass is 362 g/mol. The van der Waals surface area contributed by atoms with E-state index in [2.05, 4.69) is 36.2 Å². The Balaban J connectivity index is 1.49. The third-order valence-corrected chi connectivity index (χ3v) is 6.29. The van der Waals surface area contributed by atoms with Gasteiger partial charge < -0.3 is 4.98 Å². The number of fused-ring (bicyclic) bond motifs is 3. The molecule has 5 heteroatoms. The molecule has 140 valence electrons. The third-order valence-electron chi connectivity index (χ3n) is 6.29. The first kappa shape index (κ1) is 16.7. The second-order valence-corrected chi connectivity index (χ2v) is 8.07. The van der Waals surface area contributed by atoms with Crippen molar-refractivity contribution in [1.29, 1.82) is 0 Å². The van der Waals surface area contributed by atoms with Gasteiger partial charge in [0.05, 0.1) is 24.2 Å². The van der Waals surface area contributed by atoms with Crippen LogP contribution < -0.4 is 0 Å². The van der Waals surface area contributed by atoms with Gasteiger partial charge in [-0.1, -0.05) is 50.1 Å². The van der Waals surface area contributed by atoms with E-state index in [4.69, 9.17) is 9.98 Å². The number of carbonyl (C=O) groups is 1. The number of imidazole rings is 1. The Morgan fingerprint density at radius 1 is 1.19 bits per heavy atom. The van der Waals surface area contributed by atoms with Gasteiger partial charge in [-0.2, -0.15) is 0 Å². The maximum Gasteiger partial charge on any atom is 0.237 e. The van der Waals surface area contributed by atoms with E-state index in [1.807, 2.05) is 11.0 Å². The quantitative estimate of drug-likeness (QED) is 0.900. The van der Waals surface area contributed by atoms with Crippen molar-refractivity contribution in [3.63, 3.8) is 0 Å². The topological polar surface area (TPSA) is 61.4 Å². The van der Waals surface area contributed by atoms with Crippen LogP contribution in [0, 0.1) is 0 Å². The van der Waals surface area contributed by atoms with Crippen LogP contribution >= 0.6 is 0 Å². The fourth-order valence-corrected chi connectivity index (χ4v) is 4.86. The lowest BCUT2D eigenvalue weighted by Gasteiger charge is -2.28. The molecule has 0 spiro atoms. The summed E-state index contributed by atoms with van der Waals surface area (Å²) in [6.45, 7) is 2.76. The molecule has 1 aromatic carbocycles. The predicted octanol–water partition coefficient (Wildman–Crippen LogP) is 3.77. The van der Waals surface area contributed by atoms with Crippen LogP contribution in [0.25, 0.3) is 0 Å². The summed E-state index contributed by atoms with van der Waals surface area (Å²) in [5.41, 5.74) is 3.20. The maximum absolute atomic E-state index is 13.1. The molecule has 2 aliphatic heterocycles. The number of hydrogen-bond acceptors (Lipinski definition) is 3. The van der Waals surface area contributed by atoms with E-state index < -0.39 is 0 Å². The number of H-pyrrole nitrogens is 1. The SMILES string of the molecule is CCC1C(=O)N2C[C@@H](Cc3ccccc3)N=C2c2[nH]c(C3CCCC3)nc21. The molecule has 3 aliphatic rings. The van der Waals surface area contributed by atoms with Crippen molar-refractivity contribution in [2.45, 2.75) is 63.3 Å². The molecule has 0 bridgehead atoms. The summed E-state index contributed by atoms with van der Waals surface area (Å²) in [7, 11) is 0. The van der Waals surface area contributed by atoms with Gasteiger partial charge in [0.15, 0.2) is 5.84 Å². The summed E-state index contributed by atoms with van der Waals surface area (Å²) in [6, 6.07) is 10.5. The summed E-state index contributed by atoms with van der Waals surface area (Å²) in [5, 5.41) is 0. The third kappa shape index (κ3) is 2.80. The van der Waals surface area contributed by atoms with Gasteiger partial charge in [0.1, 0.15) is 11.5 Å². The van der Waals surface area contributed by atoms with Crippen molar-refractivity contribution in [2.24, 2.45) is 4.99 Å².